The van der Waals surface area contributed by atoms with Gasteiger partial charge in [-0.25, -0.2) is 4.99 Å². The highest BCUT2D eigenvalue weighted by Gasteiger charge is 1.88. The number of aliphatic imine (C=N–C) groups is 1. The SMILES string of the molecule is C=C(O)/C=C(/C)N=C(C)OC. The van der Waals surface area contributed by atoms with Crippen LogP contribution in [0, 0.1) is 0 Å². The molecular formula is C8H13NO2. The van der Waals surface area contributed by atoms with Crippen LogP contribution < -0.4 is 0 Å². The molecule has 1 N–H and O–H groups in total. The Balaban J connectivity index is 4.26. The number of methoxy groups -OCH3 is 1. The fourth-order valence-electron chi connectivity index (χ4n) is 0.567. The molecule has 0 rings (SSSR count). The summed E-state index contributed by atoms with van der Waals surface area (Å²) >= 11 is 0. The zero-order chi connectivity index (χ0) is 8.85. The van der Waals surface area contributed by atoms with Gasteiger partial charge in [-0.3, -0.25) is 0 Å². The molecule has 0 aromatic heterocycles. The molecule has 0 unspecified atom stereocenters. The van der Waals surface area contributed by atoms with Crippen LogP contribution >= 0.6 is 0 Å². The molecule has 3 nitrogen and oxygen atoms in total. The largest absolute Gasteiger partial charge is 0.509 e. The van der Waals surface area contributed by atoms with Crippen LogP contribution in [0.3, 0.4) is 0 Å². The van der Waals surface area contributed by atoms with Crippen molar-refractivity contribution in [2.24, 2.45) is 4.99 Å². The van der Waals surface area contributed by atoms with E-state index in [1.54, 1.807) is 21.0 Å². The Hall–Kier alpha value is -1.25. The molecule has 0 spiro atoms. The van der Waals surface area contributed by atoms with Crippen LogP contribution in [0.2, 0.25) is 0 Å². The minimum absolute atomic E-state index is 0.00449. The first-order valence-corrected chi connectivity index (χ1v) is 3.21. The monoisotopic (exact) mass is 155 g/mol. The maximum atomic E-state index is 8.73. The summed E-state index contributed by atoms with van der Waals surface area (Å²) in [5, 5.41) is 8.73. The van der Waals surface area contributed by atoms with Crippen LogP contribution in [-0.4, -0.2) is 18.1 Å². The lowest BCUT2D eigenvalue weighted by molar-refractivity contribution is 0.399. The van der Waals surface area contributed by atoms with Crippen molar-refractivity contribution in [2.45, 2.75) is 13.8 Å². The summed E-state index contributed by atoms with van der Waals surface area (Å²) in [6.45, 7) is 6.78. The lowest BCUT2D eigenvalue weighted by Gasteiger charge is -1.97. The molecule has 0 fully saturated rings. The number of aliphatic hydroxyl groups excluding tert-OH is 1. The van der Waals surface area contributed by atoms with Crippen LogP contribution in [0.1, 0.15) is 13.8 Å². The van der Waals surface area contributed by atoms with Crippen molar-refractivity contribution in [3.8, 4) is 0 Å². The minimum atomic E-state index is -0.00449. The van der Waals surface area contributed by atoms with Crippen molar-refractivity contribution in [2.75, 3.05) is 7.11 Å². The zero-order valence-corrected chi connectivity index (χ0v) is 7.09. The summed E-state index contributed by atoms with van der Waals surface area (Å²) < 4.78 is 4.80. The van der Waals surface area contributed by atoms with Crippen molar-refractivity contribution in [1.82, 2.24) is 0 Å². The van der Waals surface area contributed by atoms with E-state index in [9.17, 15) is 0 Å². The Morgan fingerprint density at radius 3 is 2.45 bits per heavy atom. The maximum Gasteiger partial charge on any atom is 0.184 e. The molecule has 0 bridgehead atoms. The number of hydrogen-bond acceptors (Lipinski definition) is 3. The zero-order valence-electron chi connectivity index (χ0n) is 7.09. The average molecular weight is 155 g/mol. The molecule has 0 aliphatic rings. The number of ether oxygens (including phenoxy) is 1. The molecule has 62 valence electrons. The number of nitrogens with zero attached hydrogens (tertiary/aromatic N) is 1. The highest BCUT2D eigenvalue weighted by molar-refractivity contribution is 5.74. The summed E-state index contributed by atoms with van der Waals surface area (Å²) in [6, 6.07) is 0. The maximum absolute atomic E-state index is 8.73. The second kappa shape index (κ2) is 4.55. The summed E-state index contributed by atoms with van der Waals surface area (Å²) in [6.07, 6.45) is 1.46. The van der Waals surface area contributed by atoms with E-state index in [4.69, 9.17) is 9.84 Å². The van der Waals surface area contributed by atoms with Crippen molar-refractivity contribution >= 4 is 5.90 Å². The lowest BCUT2D eigenvalue weighted by atomic mass is 10.4. The first kappa shape index (κ1) is 9.75. The second-order valence-corrected chi connectivity index (χ2v) is 2.11. The van der Waals surface area contributed by atoms with Crippen LogP contribution in [0.5, 0.6) is 0 Å². The third kappa shape index (κ3) is 5.21. The Morgan fingerprint density at radius 1 is 1.55 bits per heavy atom. The molecule has 0 aliphatic heterocycles. The van der Waals surface area contributed by atoms with Gasteiger partial charge in [0.05, 0.1) is 7.11 Å². The van der Waals surface area contributed by atoms with Gasteiger partial charge in [0.25, 0.3) is 0 Å². The Kier molecular flexibility index (Phi) is 4.03. The molecule has 0 aliphatic carbocycles. The summed E-state index contributed by atoms with van der Waals surface area (Å²) in [4.78, 5) is 3.97. The van der Waals surface area contributed by atoms with Gasteiger partial charge in [-0.15, -0.1) is 0 Å². The average Bonchev–Trinajstić information content (AvgIpc) is 1.85. The second-order valence-electron chi connectivity index (χ2n) is 2.11. The fraction of sp³-hybridized carbons (Fsp3) is 0.375. The van der Waals surface area contributed by atoms with Crippen LogP contribution in [0.15, 0.2) is 29.1 Å². The van der Waals surface area contributed by atoms with E-state index in [1.807, 2.05) is 0 Å². The van der Waals surface area contributed by atoms with Gasteiger partial charge in [0.2, 0.25) is 0 Å². The molecule has 0 atom stereocenters. The molecule has 0 saturated heterocycles. The van der Waals surface area contributed by atoms with Crippen LogP contribution in [0.4, 0.5) is 0 Å². The van der Waals surface area contributed by atoms with Crippen molar-refractivity contribution < 1.29 is 9.84 Å². The molecule has 0 saturated carbocycles. The Bertz CT molecular complexity index is 204. The van der Waals surface area contributed by atoms with Gasteiger partial charge in [0, 0.05) is 18.7 Å². The van der Waals surface area contributed by atoms with Crippen molar-refractivity contribution in [1.29, 1.82) is 0 Å². The quantitative estimate of drug-likeness (QED) is 0.287. The number of aliphatic hydroxyl groups is 1. The van der Waals surface area contributed by atoms with Gasteiger partial charge in [-0.05, 0) is 6.92 Å². The molecular weight excluding hydrogens is 142 g/mol. The summed E-state index contributed by atoms with van der Waals surface area (Å²) in [7, 11) is 1.54. The topological polar surface area (TPSA) is 41.8 Å². The smallest absolute Gasteiger partial charge is 0.184 e. The highest BCUT2D eigenvalue weighted by Crippen LogP contribution is 1.99. The molecule has 0 amide bonds. The van der Waals surface area contributed by atoms with E-state index in [1.165, 1.54) is 6.08 Å². The van der Waals surface area contributed by atoms with Gasteiger partial charge in [0.1, 0.15) is 5.76 Å². The van der Waals surface area contributed by atoms with Gasteiger partial charge >= 0.3 is 0 Å². The van der Waals surface area contributed by atoms with Gasteiger partial charge < -0.3 is 9.84 Å². The van der Waals surface area contributed by atoms with Gasteiger partial charge in [-0.1, -0.05) is 6.58 Å². The summed E-state index contributed by atoms with van der Waals surface area (Å²) in [5.74, 6) is 0.551. The molecule has 0 radical (unpaired) electrons. The highest BCUT2D eigenvalue weighted by atomic mass is 16.5. The molecule has 0 heterocycles. The Morgan fingerprint density at radius 2 is 2.09 bits per heavy atom. The van der Waals surface area contributed by atoms with E-state index in [2.05, 4.69) is 11.6 Å². The molecule has 11 heavy (non-hydrogen) atoms. The summed E-state index contributed by atoms with van der Waals surface area (Å²) in [5.41, 5.74) is 0.664. The Labute approximate surface area is 66.7 Å². The van der Waals surface area contributed by atoms with E-state index in [0.29, 0.717) is 11.6 Å². The molecule has 3 heteroatoms. The predicted octanol–water partition coefficient (Wildman–Crippen LogP) is 2.03. The first-order chi connectivity index (χ1) is 5.06. The molecule has 0 aromatic rings. The third-order valence-electron chi connectivity index (χ3n) is 1.00. The normalized spacial score (nSPS) is 13.0. The van der Waals surface area contributed by atoms with E-state index in [-0.39, 0.29) is 5.76 Å². The number of hydrogen-bond donors (Lipinski definition) is 1. The minimum Gasteiger partial charge on any atom is -0.509 e. The predicted molar refractivity (Wildman–Crippen MR) is 45.6 cm³/mol. The van der Waals surface area contributed by atoms with Crippen molar-refractivity contribution in [3.63, 3.8) is 0 Å². The third-order valence-corrected chi connectivity index (χ3v) is 1.00. The first-order valence-electron chi connectivity index (χ1n) is 3.21. The lowest BCUT2D eigenvalue weighted by Crippen LogP contribution is -1.93. The van der Waals surface area contributed by atoms with Crippen LogP contribution in [-0.2, 0) is 4.74 Å². The number of rotatable bonds is 2. The fourth-order valence-corrected chi connectivity index (χ4v) is 0.567. The van der Waals surface area contributed by atoms with E-state index in [0.717, 1.165) is 0 Å². The van der Waals surface area contributed by atoms with Crippen LogP contribution in [0.25, 0.3) is 0 Å². The van der Waals surface area contributed by atoms with Gasteiger partial charge in [0.15, 0.2) is 5.90 Å². The van der Waals surface area contributed by atoms with E-state index >= 15 is 0 Å². The van der Waals surface area contributed by atoms with Gasteiger partial charge in [-0.2, -0.15) is 0 Å². The molecule has 0 aromatic carbocycles. The standard InChI is InChI=1S/C8H13NO2/c1-6(5-7(2)10)9-8(3)11-4/h5,10H,2H2,1,3-4H3/b6-5-,9-8?. The number of allylic oxidation sites excluding steroid dienone is 2. The van der Waals surface area contributed by atoms with Crippen molar-refractivity contribution in [3.05, 3.63) is 24.1 Å². The van der Waals surface area contributed by atoms with E-state index < -0.39 is 0 Å².